The van der Waals surface area contributed by atoms with Gasteiger partial charge in [0.05, 0.1) is 19.7 Å². The van der Waals surface area contributed by atoms with Gasteiger partial charge >= 0.3 is 6.09 Å². The molecule has 6 heteroatoms. The van der Waals surface area contributed by atoms with Gasteiger partial charge < -0.3 is 14.8 Å². The van der Waals surface area contributed by atoms with Crippen LogP contribution in [-0.4, -0.2) is 37.8 Å². The lowest BCUT2D eigenvalue weighted by atomic mass is 10.1. The fraction of sp³-hybridized carbons (Fsp3) is 0.364. The normalized spacial score (nSPS) is 16.0. The van der Waals surface area contributed by atoms with Crippen molar-refractivity contribution in [2.75, 3.05) is 24.6 Å². The first-order chi connectivity index (χ1) is 13.5. The van der Waals surface area contributed by atoms with E-state index in [0.29, 0.717) is 32.5 Å². The molecule has 1 aliphatic heterocycles. The molecule has 2 aromatic carbocycles. The molecule has 0 bridgehead atoms. The van der Waals surface area contributed by atoms with E-state index in [-0.39, 0.29) is 18.1 Å². The highest BCUT2D eigenvalue weighted by molar-refractivity contribution is 5.90. The molecule has 1 N–H and O–H groups in total. The van der Waals surface area contributed by atoms with Crippen LogP contribution in [-0.2, 0) is 9.53 Å². The van der Waals surface area contributed by atoms with E-state index >= 15 is 0 Å². The molecule has 0 saturated carbocycles. The topological polar surface area (TPSA) is 67.9 Å². The standard InChI is InChI=1S/C22H26N2O4/c1-16-11-17(2)13-18(12-16)24-15-20(28-22(24)26)14-23-21(25)9-6-10-27-19-7-4-3-5-8-19/h3-5,7-8,11-13,20H,6,9-10,14-15H2,1-2H3,(H,23,25). The summed E-state index contributed by atoms with van der Waals surface area (Å²) in [6.45, 7) is 5.22. The summed E-state index contributed by atoms with van der Waals surface area (Å²) in [6.07, 6.45) is 0.270. The van der Waals surface area contributed by atoms with Crippen molar-refractivity contribution in [2.24, 2.45) is 0 Å². The summed E-state index contributed by atoms with van der Waals surface area (Å²) in [7, 11) is 0. The van der Waals surface area contributed by atoms with E-state index in [2.05, 4.69) is 11.4 Å². The van der Waals surface area contributed by atoms with E-state index < -0.39 is 0 Å². The molecule has 0 aromatic heterocycles. The molecule has 2 aromatic rings. The van der Waals surface area contributed by atoms with Crippen molar-refractivity contribution < 1.29 is 19.1 Å². The van der Waals surface area contributed by atoms with Crippen LogP contribution < -0.4 is 15.0 Å². The number of amides is 2. The number of aryl methyl sites for hydroxylation is 2. The number of benzene rings is 2. The molecule has 3 rings (SSSR count). The van der Waals surface area contributed by atoms with Crippen LogP contribution in [0.25, 0.3) is 0 Å². The molecule has 2 amide bonds. The Morgan fingerprint density at radius 3 is 2.61 bits per heavy atom. The average Bonchev–Trinajstić information content (AvgIpc) is 3.04. The third kappa shape index (κ3) is 5.49. The minimum Gasteiger partial charge on any atom is -0.494 e. The molecule has 1 unspecified atom stereocenters. The van der Waals surface area contributed by atoms with E-state index in [1.54, 1.807) is 4.90 Å². The maximum Gasteiger partial charge on any atom is 0.414 e. The molecule has 6 nitrogen and oxygen atoms in total. The van der Waals surface area contributed by atoms with Gasteiger partial charge in [-0.2, -0.15) is 0 Å². The number of para-hydroxylation sites is 1. The Kier molecular flexibility index (Phi) is 6.53. The van der Waals surface area contributed by atoms with Crippen LogP contribution >= 0.6 is 0 Å². The zero-order valence-corrected chi connectivity index (χ0v) is 16.3. The third-order valence-electron chi connectivity index (χ3n) is 4.48. The van der Waals surface area contributed by atoms with E-state index in [1.165, 1.54) is 0 Å². The molecule has 1 aliphatic rings. The smallest absolute Gasteiger partial charge is 0.414 e. The molecule has 0 radical (unpaired) electrons. The highest BCUT2D eigenvalue weighted by atomic mass is 16.6. The van der Waals surface area contributed by atoms with Crippen LogP contribution in [0.1, 0.15) is 24.0 Å². The van der Waals surface area contributed by atoms with E-state index in [4.69, 9.17) is 9.47 Å². The van der Waals surface area contributed by atoms with Gasteiger partial charge in [0.25, 0.3) is 0 Å². The van der Waals surface area contributed by atoms with Crippen LogP contribution in [0.3, 0.4) is 0 Å². The Labute approximate surface area is 165 Å². The maximum absolute atomic E-state index is 12.2. The van der Waals surface area contributed by atoms with Crippen molar-refractivity contribution in [1.29, 1.82) is 0 Å². The molecule has 148 valence electrons. The zero-order valence-electron chi connectivity index (χ0n) is 16.3. The number of hydrogen-bond donors (Lipinski definition) is 1. The average molecular weight is 382 g/mol. The second-order valence-electron chi connectivity index (χ2n) is 7.03. The van der Waals surface area contributed by atoms with E-state index in [1.807, 2.05) is 56.3 Å². The number of carbonyl (C=O) groups is 2. The Balaban J connectivity index is 1.39. The number of nitrogens with zero attached hydrogens (tertiary/aromatic N) is 1. The van der Waals surface area contributed by atoms with Crippen molar-refractivity contribution in [3.8, 4) is 5.75 Å². The summed E-state index contributed by atoms with van der Waals surface area (Å²) >= 11 is 0. The van der Waals surface area contributed by atoms with E-state index in [9.17, 15) is 9.59 Å². The van der Waals surface area contributed by atoms with Crippen LogP contribution in [0.4, 0.5) is 10.5 Å². The van der Waals surface area contributed by atoms with Gasteiger partial charge in [-0.15, -0.1) is 0 Å². The number of nitrogens with one attached hydrogen (secondary N) is 1. The predicted octanol–water partition coefficient (Wildman–Crippen LogP) is 3.60. The highest BCUT2D eigenvalue weighted by Crippen LogP contribution is 2.24. The van der Waals surface area contributed by atoms with Gasteiger partial charge in [0.1, 0.15) is 11.9 Å². The van der Waals surface area contributed by atoms with Crippen molar-refractivity contribution in [2.45, 2.75) is 32.8 Å². The molecule has 1 saturated heterocycles. The maximum atomic E-state index is 12.2. The Morgan fingerprint density at radius 2 is 1.89 bits per heavy atom. The quantitative estimate of drug-likeness (QED) is 0.709. The summed E-state index contributed by atoms with van der Waals surface area (Å²) in [5, 5.41) is 2.84. The number of cyclic esters (lactones) is 1. The van der Waals surface area contributed by atoms with Gasteiger partial charge in [-0.05, 0) is 55.7 Å². The Bertz CT molecular complexity index is 802. The van der Waals surface area contributed by atoms with Gasteiger partial charge in [0.2, 0.25) is 5.91 Å². The van der Waals surface area contributed by atoms with Gasteiger partial charge in [-0.3, -0.25) is 9.69 Å². The minimum atomic E-state index is -0.375. The number of hydrogen-bond acceptors (Lipinski definition) is 4. The first kappa shape index (κ1) is 19.7. The summed E-state index contributed by atoms with van der Waals surface area (Å²) < 4.78 is 11.0. The Hall–Kier alpha value is -3.02. The first-order valence-corrected chi connectivity index (χ1v) is 9.52. The number of anilines is 1. The monoisotopic (exact) mass is 382 g/mol. The molecule has 1 heterocycles. The second-order valence-corrected chi connectivity index (χ2v) is 7.03. The summed E-state index contributed by atoms with van der Waals surface area (Å²) in [5.41, 5.74) is 3.02. The van der Waals surface area contributed by atoms with Crippen LogP contribution in [0.2, 0.25) is 0 Å². The van der Waals surface area contributed by atoms with Crippen molar-refractivity contribution in [1.82, 2.24) is 5.32 Å². The van der Waals surface area contributed by atoms with Crippen LogP contribution in [0.15, 0.2) is 48.5 Å². The molecule has 1 fully saturated rings. The minimum absolute atomic E-state index is 0.0717. The lowest BCUT2D eigenvalue weighted by Gasteiger charge is -2.14. The van der Waals surface area contributed by atoms with Crippen LogP contribution in [0.5, 0.6) is 5.75 Å². The lowest BCUT2D eigenvalue weighted by Crippen LogP contribution is -2.34. The number of carbonyl (C=O) groups excluding carboxylic acids is 2. The van der Waals surface area contributed by atoms with Gasteiger partial charge in [-0.25, -0.2) is 4.79 Å². The molecule has 0 spiro atoms. The van der Waals surface area contributed by atoms with Gasteiger partial charge in [0.15, 0.2) is 0 Å². The van der Waals surface area contributed by atoms with E-state index in [0.717, 1.165) is 22.6 Å². The second kappa shape index (κ2) is 9.26. The third-order valence-corrected chi connectivity index (χ3v) is 4.48. The fourth-order valence-electron chi connectivity index (χ4n) is 3.20. The predicted molar refractivity (Wildman–Crippen MR) is 108 cm³/mol. The Morgan fingerprint density at radius 1 is 1.18 bits per heavy atom. The van der Waals surface area contributed by atoms with Crippen molar-refractivity contribution in [3.05, 3.63) is 59.7 Å². The molecular formula is C22H26N2O4. The first-order valence-electron chi connectivity index (χ1n) is 9.52. The van der Waals surface area contributed by atoms with Gasteiger partial charge in [-0.1, -0.05) is 24.3 Å². The SMILES string of the molecule is Cc1cc(C)cc(N2CC(CNC(=O)CCCOc3ccccc3)OC2=O)c1. The number of rotatable bonds is 8. The largest absolute Gasteiger partial charge is 0.494 e. The molecule has 0 aliphatic carbocycles. The fourth-order valence-corrected chi connectivity index (χ4v) is 3.20. The van der Waals surface area contributed by atoms with Crippen molar-refractivity contribution in [3.63, 3.8) is 0 Å². The number of ether oxygens (including phenoxy) is 2. The molecular weight excluding hydrogens is 356 g/mol. The zero-order chi connectivity index (χ0) is 19.9. The highest BCUT2D eigenvalue weighted by Gasteiger charge is 2.32. The summed E-state index contributed by atoms with van der Waals surface area (Å²) in [6, 6.07) is 15.5. The lowest BCUT2D eigenvalue weighted by molar-refractivity contribution is -0.121. The molecule has 28 heavy (non-hydrogen) atoms. The summed E-state index contributed by atoms with van der Waals surface area (Å²) in [5.74, 6) is 0.727. The van der Waals surface area contributed by atoms with Crippen molar-refractivity contribution >= 4 is 17.7 Å². The summed E-state index contributed by atoms with van der Waals surface area (Å²) in [4.78, 5) is 25.8. The van der Waals surface area contributed by atoms with Gasteiger partial charge in [0, 0.05) is 12.1 Å². The molecule has 1 atom stereocenters. The van der Waals surface area contributed by atoms with Crippen LogP contribution in [0, 0.1) is 13.8 Å².